The van der Waals surface area contributed by atoms with Crippen LogP contribution < -0.4 is 5.32 Å². The van der Waals surface area contributed by atoms with E-state index in [4.69, 9.17) is 0 Å². The van der Waals surface area contributed by atoms with E-state index < -0.39 is 0 Å². The molecule has 0 spiro atoms. The minimum atomic E-state index is 0.0705. The molecule has 2 N–H and O–H groups in total. The smallest absolute Gasteiger partial charge is 0.226 e. The summed E-state index contributed by atoms with van der Waals surface area (Å²) in [5, 5.41) is 2.73. The molecule has 58 valence electrons. The predicted octanol–water partition coefficient (Wildman–Crippen LogP) is -0.110. The number of imidazole rings is 1. The average molecular weight is 151 g/mol. The molecule has 1 aliphatic heterocycles. The zero-order chi connectivity index (χ0) is 7.84. The average Bonchev–Trinajstić information content (AvgIpc) is 2.27. The summed E-state index contributed by atoms with van der Waals surface area (Å²) in [6.45, 7) is 2.46. The summed E-state index contributed by atoms with van der Waals surface area (Å²) in [6.07, 6.45) is 0.441. The van der Waals surface area contributed by atoms with E-state index in [0.717, 1.165) is 17.2 Å². The summed E-state index contributed by atoms with van der Waals surface area (Å²) in [5.41, 5.74) is 1.94. The van der Waals surface area contributed by atoms with Crippen LogP contribution in [0.4, 0.5) is 0 Å². The summed E-state index contributed by atoms with van der Waals surface area (Å²) in [6, 6.07) is 0. The third kappa shape index (κ3) is 1.00. The molecule has 11 heavy (non-hydrogen) atoms. The van der Waals surface area contributed by atoms with Crippen LogP contribution in [0.3, 0.4) is 0 Å². The van der Waals surface area contributed by atoms with Gasteiger partial charge in [-0.05, 0) is 6.92 Å². The van der Waals surface area contributed by atoms with Crippen LogP contribution in [0.25, 0.3) is 0 Å². The Bertz CT molecular complexity index is 303. The Morgan fingerprint density at radius 2 is 2.36 bits per heavy atom. The molecule has 2 rings (SSSR count). The van der Waals surface area contributed by atoms with Crippen LogP contribution in [0.1, 0.15) is 17.2 Å². The van der Waals surface area contributed by atoms with Crippen LogP contribution in [0.5, 0.6) is 0 Å². The van der Waals surface area contributed by atoms with Crippen LogP contribution in [-0.2, 0) is 17.8 Å². The number of carbonyl (C=O) groups is 1. The topological polar surface area (TPSA) is 57.8 Å². The fraction of sp³-hybridized carbons (Fsp3) is 0.429. The van der Waals surface area contributed by atoms with E-state index in [0.29, 0.717) is 13.0 Å². The van der Waals surface area contributed by atoms with Crippen molar-refractivity contribution in [3.8, 4) is 0 Å². The number of amides is 1. The van der Waals surface area contributed by atoms with Crippen LogP contribution in [0.2, 0.25) is 0 Å². The summed E-state index contributed by atoms with van der Waals surface area (Å²) in [5.74, 6) is 0.952. The lowest BCUT2D eigenvalue weighted by Gasteiger charge is -2.09. The molecule has 0 fully saturated rings. The second-order valence-corrected chi connectivity index (χ2v) is 2.70. The SMILES string of the molecule is Cc1nc2c([nH]1)CC(=O)NC2. The summed E-state index contributed by atoms with van der Waals surface area (Å²) in [7, 11) is 0. The van der Waals surface area contributed by atoms with Crippen molar-refractivity contribution in [1.29, 1.82) is 0 Å². The van der Waals surface area contributed by atoms with Gasteiger partial charge in [-0.1, -0.05) is 0 Å². The van der Waals surface area contributed by atoms with Crippen molar-refractivity contribution in [3.63, 3.8) is 0 Å². The number of fused-ring (bicyclic) bond motifs is 1. The van der Waals surface area contributed by atoms with E-state index >= 15 is 0 Å². The lowest BCUT2D eigenvalue weighted by molar-refractivity contribution is -0.121. The number of hydrogen-bond acceptors (Lipinski definition) is 2. The highest BCUT2D eigenvalue weighted by atomic mass is 16.1. The summed E-state index contributed by atoms with van der Waals surface area (Å²) in [4.78, 5) is 18.1. The Balaban J connectivity index is 2.41. The molecule has 4 nitrogen and oxygen atoms in total. The van der Waals surface area contributed by atoms with Gasteiger partial charge in [0, 0.05) is 5.69 Å². The molecule has 0 radical (unpaired) electrons. The maximum absolute atomic E-state index is 10.9. The predicted molar refractivity (Wildman–Crippen MR) is 38.9 cm³/mol. The van der Waals surface area contributed by atoms with Crippen molar-refractivity contribution in [2.24, 2.45) is 0 Å². The molecule has 4 heteroatoms. The van der Waals surface area contributed by atoms with Crippen LogP contribution in [0.15, 0.2) is 0 Å². The van der Waals surface area contributed by atoms with Crippen molar-refractivity contribution in [2.75, 3.05) is 0 Å². The molecule has 0 bridgehead atoms. The second-order valence-electron chi connectivity index (χ2n) is 2.70. The van der Waals surface area contributed by atoms with Crippen LogP contribution >= 0.6 is 0 Å². The van der Waals surface area contributed by atoms with Crippen molar-refractivity contribution >= 4 is 5.91 Å². The van der Waals surface area contributed by atoms with E-state index in [2.05, 4.69) is 15.3 Å². The number of nitrogens with zero attached hydrogens (tertiary/aromatic N) is 1. The number of aromatic nitrogens is 2. The van der Waals surface area contributed by atoms with E-state index in [9.17, 15) is 4.79 Å². The normalized spacial score (nSPS) is 15.9. The Hall–Kier alpha value is -1.32. The van der Waals surface area contributed by atoms with Crippen LogP contribution in [0, 0.1) is 6.92 Å². The third-order valence-electron chi connectivity index (χ3n) is 1.77. The molecule has 0 aromatic carbocycles. The van der Waals surface area contributed by atoms with Crippen molar-refractivity contribution in [1.82, 2.24) is 15.3 Å². The van der Waals surface area contributed by atoms with Crippen molar-refractivity contribution < 1.29 is 4.79 Å². The lowest BCUT2D eigenvalue weighted by atomic mass is 10.2. The summed E-state index contributed by atoms with van der Waals surface area (Å²) >= 11 is 0. The number of nitrogens with one attached hydrogen (secondary N) is 2. The third-order valence-corrected chi connectivity index (χ3v) is 1.77. The highest BCUT2D eigenvalue weighted by Gasteiger charge is 2.17. The molecular formula is C7H9N3O. The molecule has 0 saturated heterocycles. The van der Waals surface area contributed by atoms with Gasteiger partial charge in [0.25, 0.3) is 0 Å². The van der Waals surface area contributed by atoms with Gasteiger partial charge in [-0.3, -0.25) is 4.79 Å². The van der Waals surface area contributed by atoms with Crippen LogP contribution in [-0.4, -0.2) is 15.9 Å². The van der Waals surface area contributed by atoms with Gasteiger partial charge in [0.05, 0.1) is 18.7 Å². The lowest BCUT2D eigenvalue weighted by Crippen LogP contribution is -2.30. The molecule has 1 aromatic heterocycles. The largest absolute Gasteiger partial charge is 0.350 e. The molecule has 1 amide bonds. The summed E-state index contributed by atoms with van der Waals surface area (Å²) < 4.78 is 0. The fourth-order valence-corrected chi connectivity index (χ4v) is 1.29. The van der Waals surface area contributed by atoms with E-state index in [1.165, 1.54) is 0 Å². The molecule has 0 atom stereocenters. The molecule has 0 aliphatic carbocycles. The number of aromatic amines is 1. The zero-order valence-electron chi connectivity index (χ0n) is 6.27. The van der Waals surface area contributed by atoms with Gasteiger partial charge in [0.1, 0.15) is 5.82 Å². The van der Waals surface area contributed by atoms with Gasteiger partial charge in [-0.25, -0.2) is 4.98 Å². The highest BCUT2D eigenvalue weighted by molar-refractivity contribution is 5.79. The van der Waals surface area contributed by atoms with Gasteiger partial charge in [-0.2, -0.15) is 0 Å². The van der Waals surface area contributed by atoms with Gasteiger partial charge >= 0.3 is 0 Å². The zero-order valence-corrected chi connectivity index (χ0v) is 6.27. The number of rotatable bonds is 0. The monoisotopic (exact) mass is 151 g/mol. The first-order chi connectivity index (χ1) is 5.25. The fourth-order valence-electron chi connectivity index (χ4n) is 1.29. The quantitative estimate of drug-likeness (QED) is 0.543. The molecule has 2 heterocycles. The minimum Gasteiger partial charge on any atom is -0.350 e. The van der Waals surface area contributed by atoms with Gasteiger partial charge in [0.15, 0.2) is 0 Å². The van der Waals surface area contributed by atoms with Crippen molar-refractivity contribution in [2.45, 2.75) is 19.9 Å². The van der Waals surface area contributed by atoms with Gasteiger partial charge in [0.2, 0.25) is 5.91 Å². The van der Waals surface area contributed by atoms with Gasteiger partial charge < -0.3 is 10.3 Å². The highest BCUT2D eigenvalue weighted by Crippen LogP contribution is 2.10. The first-order valence-corrected chi connectivity index (χ1v) is 3.57. The second kappa shape index (κ2) is 2.08. The van der Waals surface area contributed by atoms with E-state index in [-0.39, 0.29) is 5.91 Å². The maximum atomic E-state index is 10.9. The number of carbonyl (C=O) groups excluding carboxylic acids is 1. The standard InChI is InChI=1S/C7H9N3O/c1-4-9-5-2-7(11)8-3-6(5)10-4/h2-3H2,1H3,(H,8,11)(H,9,10). The van der Waals surface area contributed by atoms with Crippen molar-refractivity contribution in [3.05, 3.63) is 17.2 Å². The molecular weight excluding hydrogens is 142 g/mol. The first-order valence-electron chi connectivity index (χ1n) is 3.57. The first kappa shape index (κ1) is 6.39. The molecule has 1 aliphatic rings. The number of aryl methyl sites for hydroxylation is 1. The Morgan fingerprint density at radius 1 is 1.55 bits per heavy atom. The van der Waals surface area contributed by atoms with E-state index in [1.54, 1.807) is 0 Å². The number of hydrogen-bond donors (Lipinski definition) is 2. The number of H-pyrrole nitrogens is 1. The minimum absolute atomic E-state index is 0.0705. The maximum Gasteiger partial charge on any atom is 0.226 e. The Morgan fingerprint density at radius 3 is 3.18 bits per heavy atom. The Labute approximate surface area is 64.0 Å². The van der Waals surface area contributed by atoms with E-state index in [1.807, 2.05) is 6.92 Å². The molecule has 0 saturated carbocycles. The van der Waals surface area contributed by atoms with Gasteiger partial charge in [-0.15, -0.1) is 0 Å². The Kier molecular flexibility index (Phi) is 1.21. The molecule has 0 unspecified atom stereocenters. The molecule has 1 aromatic rings.